The summed E-state index contributed by atoms with van der Waals surface area (Å²) in [5.74, 6) is 0. The van der Waals surface area contributed by atoms with E-state index in [1.807, 2.05) is 6.92 Å². The Morgan fingerprint density at radius 2 is 2.26 bits per heavy atom. The highest BCUT2D eigenvalue weighted by atomic mass is 16.6. The number of rotatable bonds is 7. The molecule has 126 valence electrons. The van der Waals surface area contributed by atoms with Crippen LogP contribution in [0.15, 0.2) is 27.0 Å². The van der Waals surface area contributed by atoms with Crippen LogP contribution in [0.25, 0.3) is 10.4 Å². The Morgan fingerprint density at radius 1 is 1.48 bits per heavy atom. The molecular formula is C13H19N5O5. The van der Waals surface area contributed by atoms with Crippen molar-refractivity contribution in [3.8, 4) is 0 Å². The van der Waals surface area contributed by atoms with E-state index in [0.29, 0.717) is 13.0 Å². The molecule has 1 aliphatic rings. The summed E-state index contributed by atoms with van der Waals surface area (Å²) in [5, 5.41) is 3.76. The van der Waals surface area contributed by atoms with Crippen molar-refractivity contribution in [3.63, 3.8) is 0 Å². The van der Waals surface area contributed by atoms with E-state index in [4.69, 9.17) is 19.7 Å². The summed E-state index contributed by atoms with van der Waals surface area (Å²) in [6, 6.07) is 0.643. The van der Waals surface area contributed by atoms with Gasteiger partial charge in [0.2, 0.25) is 0 Å². The Labute approximate surface area is 131 Å². The number of nitrogens with one attached hydrogen (secondary N) is 1. The molecule has 0 radical (unpaired) electrons. The van der Waals surface area contributed by atoms with Crippen molar-refractivity contribution in [1.82, 2.24) is 9.55 Å². The number of nitrogens with zero attached hydrogens (tertiary/aromatic N) is 4. The Bertz CT molecular complexity index is 680. The fourth-order valence-corrected chi connectivity index (χ4v) is 2.55. The van der Waals surface area contributed by atoms with Crippen molar-refractivity contribution in [3.05, 3.63) is 43.5 Å². The van der Waals surface area contributed by atoms with Crippen molar-refractivity contribution >= 4 is 0 Å². The van der Waals surface area contributed by atoms with E-state index < -0.39 is 29.6 Å². The van der Waals surface area contributed by atoms with Gasteiger partial charge in [-0.3, -0.25) is 14.3 Å². The number of hydrogen-bond acceptors (Lipinski definition) is 6. The maximum atomic E-state index is 12.0. The molecule has 0 unspecified atom stereocenters. The van der Waals surface area contributed by atoms with Gasteiger partial charge in [-0.25, -0.2) is 4.79 Å². The molecular weight excluding hydrogens is 306 g/mol. The first-order chi connectivity index (χ1) is 11.1. The normalized spacial score (nSPS) is 26.9. The van der Waals surface area contributed by atoms with E-state index >= 15 is 0 Å². The Hall–Kier alpha value is -2.13. The molecule has 0 bridgehead atoms. The fourth-order valence-electron chi connectivity index (χ4n) is 2.55. The molecule has 1 aromatic heterocycles. The van der Waals surface area contributed by atoms with Crippen molar-refractivity contribution < 1.29 is 14.2 Å². The van der Waals surface area contributed by atoms with Gasteiger partial charge in [0.15, 0.2) is 6.23 Å². The molecule has 0 aliphatic carbocycles. The van der Waals surface area contributed by atoms with Crippen LogP contribution in [0.1, 0.15) is 19.6 Å². The third-order valence-electron chi connectivity index (χ3n) is 3.62. The molecule has 1 aromatic rings. The van der Waals surface area contributed by atoms with E-state index in [1.165, 1.54) is 23.9 Å². The average molecular weight is 325 g/mol. The minimum absolute atomic E-state index is 0.257. The summed E-state index contributed by atoms with van der Waals surface area (Å²) in [6.07, 6.45) is 0.0834. The molecule has 1 N–H and O–H groups in total. The molecule has 1 fully saturated rings. The fraction of sp³-hybridized carbons (Fsp3) is 0.692. The number of ether oxygens (including phenoxy) is 3. The lowest BCUT2D eigenvalue weighted by atomic mass is 10.1. The van der Waals surface area contributed by atoms with Crippen molar-refractivity contribution in [2.75, 3.05) is 20.3 Å². The second-order valence-electron chi connectivity index (χ2n) is 5.01. The molecule has 4 atom stereocenters. The lowest BCUT2D eigenvalue weighted by Gasteiger charge is -2.22. The van der Waals surface area contributed by atoms with E-state index in [9.17, 15) is 9.59 Å². The molecule has 23 heavy (non-hydrogen) atoms. The van der Waals surface area contributed by atoms with E-state index in [2.05, 4.69) is 15.0 Å². The smallest absolute Gasteiger partial charge is 0.330 e. The molecule has 10 heteroatoms. The number of H-pyrrole nitrogens is 1. The minimum atomic E-state index is -0.795. The molecule has 2 rings (SSSR count). The maximum absolute atomic E-state index is 12.0. The first-order valence-corrected chi connectivity index (χ1v) is 7.24. The first kappa shape index (κ1) is 17.2. The van der Waals surface area contributed by atoms with E-state index in [-0.39, 0.29) is 12.7 Å². The SMILES string of the molecule is CC[C@H]1O[C@@H](n2ccc(=O)[nH]c2=O)[C@H](OCCOC)[C@@H]1N=[N+]=[N-]. The van der Waals surface area contributed by atoms with Crippen LogP contribution in [0.2, 0.25) is 0 Å². The van der Waals surface area contributed by atoms with Gasteiger partial charge in [0, 0.05) is 24.3 Å². The zero-order valence-corrected chi connectivity index (χ0v) is 12.9. The highest BCUT2D eigenvalue weighted by Gasteiger charge is 2.45. The van der Waals surface area contributed by atoms with Gasteiger partial charge in [-0.15, -0.1) is 0 Å². The van der Waals surface area contributed by atoms with Gasteiger partial charge >= 0.3 is 5.69 Å². The quantitative estimate of drug-likeness (QED) is 0.338. The van der Waals surface area contributed by atoms with Crippen molar-refractivity contribution in [2.24, 2.45) is 5.11 Å². The van der Waals surface area contributed by atoms with Gasteiger partial charge in [-0.05, 0) is 12.0 Å². The van der Waals surface area contributed by atoms with Gasteiger partial charge < -0.3 is 14.2 Å². The topological polar surface area (TPSA) is 131 Å². The first-order valence-electron chi connectivity index (χ1n) is 7.24. The Morgan fingerprint density at radius 3 is 2.87 bits per heavy atom. The van der Waals surface area contributed by atoms with Gasteiger partial charge in [-0.2, -0.15) is 0 Å². The van der Waals surface area contributed by atoms with Crippen LogP contribution >= 0.6 is 0 Å². The van der Waals surface area contributed by atoms with Crippen LogP contribution in [0.5, 0.6) is 0 Å². The minimum Gasteiger partial charge on any atom is -0.382 e. The van der Waals surface area contributed by atoms with Gasteiger partial charge in [0.05, 0.1) is 25.4 Å². The van der Waals surface area contributed by atoms with Crippen LogP contribution in [0.4, 0.5) is 0 Å². The summed E-state index contributed by atoms with van der Waals surface area (Å²) >= 11 is 0. The van der Waals surface area contributed by atoms with Crippen LogP contribution in [0.3, 0.4) is 0 Å². The maximum Gasteiger partial charge on any atom is 0.330 e. The molecule has 1 aliphatic heterocycles. The van der Waals surface area contributed by atoms with E-state index in [1.54, 1.807) is 0 Å². The van der Waals surface area contributed by atoms with Crippen molar-refractivity contribution in [2.45, 2.75) is 37.8 Å². The molecule has 0 aromatic carbocycles. The number of hydrogen-bond donors (Lipinski definition) is 1. The van der Waals surface area contributed by atoms with Gasteiger partial charge in [0.25, 0.3) is 5.56 Å². The second-order valence-corrected chi connectivity index (χ2v) is 5.01. The summed E-state index contributed by atoms with van der Waals surface area (Å²) < 4.78 is 17.7. The Balaban J connectivity index is 2.35. The summed E-state index contributed by atoms with van der Waals surface area (Å²) in [6.45, 7) is 2.49. The van der Waals surface area contributed by atoms with Crippen LogP contribution < -0.4 is 11.2 Å². The molecule has 0 saturated carbocycles. The standard InChI is InChI=1S/C13H19N5O5/c1-3-8-10(16-17-14)11(22-7-6-21-2)12(23-8)18-5-4-9(19)15-13(18)20/h4-5,8,10-12H,3,6-7H2,1-2H3,(H,15,19,20)/t8-,10-,11-,12-/m1/s1. The van der Waals surface area contributed by atoms with Crippen LogP contribution in [-0.4, -0.2) is 48.1 Å². The monoisotopic (exact) mass is 325 g/mol. The number of aromatic amines is 1. The lowest BCUT2D eigenvalue weighted by Crippen LogP contribution is -2.38. The average Bonchev–Trinajstić information content (AvgIpc) is 2.86. The third kappa shape index (κ3) is 3.80. The van der Waals surface area contributed by atoms with Crippen LogP contribution in [-0.2, 0) is 14.2 Å². The highest BCUT2D eigenvalue weighted by Crippen LogP contribution is 2.34. The largest absolute Gasteiger partial charge is 0.382 e. The molecule has 2 heterocycles. The number of azide groups is 1. The highest BCUT2D eigenvalue weighted by molar-refractivity contribution is 4.97. The van der Waals surface area contributed by atoms with Gasteiger partial charge in [0.1, 0.15) is 6.10 Å². The molecule has 10 nitrogen and oxygen atoms in total. The predicted octanol–water partition coefficient (Wildman–Crippen LogP) is 0.554. The van der Waals surface area contributed by atoms with Gasteiger partial charge in [-0.1, -0.05) is 12.0 Å². The molecule has 1 saturated heterocycles. The second kappa shape index (κ2) is 7.93. The lowest BCUT2D eigenvalue weighted by molar-refractivity contribution is -0.0731. The molecule has 0 spiro atoms. The Kier molecular flexibility index (Phi) is 5.94. The molecule has 0 amide bonds. The summed E-state index contributed by atoms with van der Waals surface area (Å²) in [7, 11) is 1.54. The zero-order valence-electron chi connectivity index (χ0n) is 12.9. The van der Waals surface area contributed by atoms with Crippen LogP contribution in [0, 0.1) is 0 Å². The number of aromatic nitrogens is 2. The van der Waals surface area contributed by atoms with Crippen molar-refractivity contribution in [1.29, 1.82) is 0 Å². The summed E-state index contributed by atoms with van der Waals surface area (Å²) in [5.41, 5.74) is 7.67. The number of methoxy groups -OCH3 is 1. The predicted molar refractivity (Wildman–Crippen MR) is 80.1 cm³/mol. The van der Waals surface area contributed by atoms with E-state index in [0.717, 1.165) is 0 Å². The third-order valence-corrected chi connectivity index (χ3v) is 3.62. The zero-order chi connectivity index (χ0) is 16.8. The summed E-state index contributed by atoms with van der Waals surface area (Å²) in [4.78, 5) is 28.2.